The van der Waals surface area contributed by atoms with E-state index in [9.17, 15) is 4.79 Å². The van der Waals surface area contributed by atoms with Gasteiger partial charge in [-0.3, -0.25) is 0 Å². The minimum Gasteiger partial charge on any atom is -0.362 e. The van der Waals surface area contributed by atoms with Crippen LogP contribution in [-0.2, 0) is 0 Å². The van der Waals surface area contributed by atoms with Crippen LogP contribution in [0.25, 0.3) is 10.9 Å². The van der Waals surface area contributed by atoms with Crippen LogP contribution < -0.4 is 20.9 Å². The number of hydrogen-bond donors (Lipinski definition) is 3. The molecule has 32 heavy (non-hydrogen) atoms. The number of benzene rings is 2. The smallest absolute Gasteiger partial charge is 0.319 e. The number of nitrogens with one attached hydrogen (secondary N) is 3. The summed E-state index contributed by atoms with van der Waals surface area (Å²) in [4.78, 5) is 23.9. The van der Waals surface area contributed by atoms with Crippen LogP contribution in [0.5, 0.6) is 0 Å². The SMILES string of the molecule is CN(C)c1nc(NC2CCC(NC(=O)Nc3ccc(Br)cc3Br)CC2)nc2ccccc12. The van der Waals surface area contributed by atoms with Crippen LogP contribution in [0.1, 0.15) is 25.7 Å². The highest BCUT2D eigenvalue weighted by atomic mass is 79.9. The molecule has 0 atom stereocenters. The summed E-state index contributed by atoms with van der Waals surface area (Å²) in [6.07, 6.45) is 3.70. The molecule has 0 bridgehead atoms. The first-order chi connectivity index (χ1) is 15.4. The van der Waals surface area contributed by atoms with E-state index in [4.69, 9.17) is 9.97 Å². The Balaban J connectivity index is 1.32. The minimum atomic E-state index is -0.182. The highest BCUT2D eigenvalue weighted by Crippen LogP contribution is 2.28. The molecule has 3 aromatic rings. The van der Waals surface area contributed by atoms with Crippen LogP contribution >= 0.6 is 31.9 Å². The highest BCUT2D eigenvalue weighted by Gasteiger charge is 2.23. The summed E-state index contributed by atoms with van der Waals surface area (Å²) in [6.45, 7) is 0. The molecule has 7 nitrogen and oxygen atoms in total. The molecule has 1 saturated carbocycles. The molecule has 0 aliphatic heterocycles. The van der Waals surface area contributed by atoms with Gasteiger partial charge in [-0.25, -0.2) is 9.78 Å². The monoisotopic (exact) mass is 560 g/mol. The van der Waals surface area contributed by atoms with Gasteiger partial charge in [0.1, 0.15) is 5.82 Å². The van der Waals surface area contributed by atoms with Crippen molar-refractivity contribution in [1.82, 2.24) is 15.3 Å². The lowest BCUT2D eigenvalue weighted by Gasteiger charge is -2.30. The zero-order valence-corrected chi connectivity index (χ0v) is 21.2. The molecular formula is C23H26Br2N6O. The van der Waals surface area contributed by atoms with Gasteiger partial charge in [-0.05, 0) is 71.9 Å². The first-order valence-corrected chi connectivity index (χ1v) is 12.2. The van der Waals surface area contributed by atoms with Crippen molar-refractivity contribution in [3.63, 3.8) is 0 Å². The van der Waals surface area contributed by atoms with Crippen LogP contribution in [0, 0.1) is 0 Å². The third-order valence-electron chi connectivity index (χ3n) is 5.58. The van der Waals surface area contributed by atoms with Crippen LogP contribution in [-0.4, -0.2) is 42.2 Å². The zero-order valence-electron chi connectivity index (χ0n) is 18.0. The van der Waals surface area contributed by atoms with E-state index in [1.807, 2.05) is 61.5 Å². The van der Waals surface area contributed by atoms with Crippen molar-refractivity contribution in [2.45, 2.75) is 37.8 Å². The minimum absolute atomic E-state index is 0.150. The van der Waals surface area contributed by atoms with Gasteiger partial charge in [-0.15, -0.1) is 0 Å². The van der Waals surface area contributed by atoms with Gasteiger partial charge in [0.25, 0.3) is 0 Å². The number of aromatic nitrogens is 2. The number of halogens is 2. The molecule has 0 radical (unpaired) electrons. The molecule has 1 heterocycles. The fraction of sp³-hybridized carbons (Fsp3) is 0.348. The Morgan fingerprint density at radius 1 is 1.00 bits per heavy atom. The van der Waals surface area contributed by atoms with E-state index in [1.54, 1.807) is 0 Å². The van der Waals surface area contributed by atoms with Crippen molar-refractivity contribution in [2.75, 3.05) is 29.6 Å². The Bertz CT molecular complexity index is 1110. The third kappa shape index (κ3) is 5.50. The number of para-hydroxylation sites is 1. The average molecular weight is 562 g/mol. The molecule has 1 fully saturated rings. The van der Waals surface area contributed by atoms with Crippen LogP contribution in [0.4, 0.5) is 22.2 Å². The largest absolute Gasteiger partial charge is 0.362 e. The number of carbonyl (C=O) groups is 1. The number of amides is 2. The van der Waals surface area contributed by atoms with Crippen molar-refractivity contribution >= 4 is 66.2 Å². The number of urea groups is 1. The lowest BCUT2D eigenvalue weighted by molar-refractivity contribution is 0.243. The fourth-order valence-corrected chi connectivity index (χ4v) is 5.11. The summed E-state index contributed by atoms with van der Waals surface area (Å²) >= 11 is 6.89. The first-order valence-electron chi connectivity index (χ1n) is 10.6. The highest BCUT2D eigenvalue weighted by molar-refractivity contribution is 9.11. The summed E-state index contributed by atoms with van der Waals surface area (Å²) in [5.41, 5.74) is 1.67. The molecule has 1 aliphatic carbocycles. The number of fused-ring (bicyclic) bond motifs is 1. The second kappa shape index (κ2) is 10.0. The Morgan fingerprint density at radius 3 is 2.44 bits per heavy atom. The van der Waals surface area contributed by atoms with E-state index < -0.39 is 0 Å². The Hall–Kier alpha value is -2.39. The molecule has 9 heteroatoms. The standard InChI is InChI=1S/C23H26Br2N6O/c1-31(2)21-17-5-3-4-6-19(17)28-22(30-21)26-15-8-10-16(11-9-15)27-23(32)29-20-12-7-14(24)13-18(20)25/h3-7,12-13,15-16H,8-11H2,1-2H3,(H,26,28,30)(H2,27,29,32). The average Bonchev–Trinajstić information content (AvgIpc) is 2.76. The number of nitrogens with zero attached hydrogens (tertiary/aromatic N) is 3. The summed E-state index contributed by atoms with van der Waals surface area (Å²) in [5.74, 6) is 1.56. The molecule has 1 aliphatic rings. The quantitative estimate of drug-likeness (QED) is 0.368. The van der Waals surface area contributed by atoms with E-state index in [-0.39, 0.29) is 18.1 Å². The normalized spacial score (nSPS) is 18.2. The molecule has 0 unspecified atom stereocenters. The molecule has 1 aromatic heterocycles. The number of hydrogen-bond acceptors (Lipinski definition) is 5. The van der Waals surface area contributed by atoms with Crippen molar-refractivity contribution in [2.24, 2.45) is 0 Å². The summed E-state index contributed by atoms with van der Waals surface area (Å²) < 4.78 is 1.79. The van der Waals surface area contributed by atoms with E-state index in [0.29, 0.717) is 5.95 Å². The van der Waals surface area contributed by atoms with Gasteiger partial charge in [0.15, 0.2) is 0 Å². The van der Waals surface area contributed by atoms with Gasteiger partial charge in [-0.1, -0.05) is 28.1 Å². The van der Waals surface area contributed by atoms with Crippen molar-refractivity contribution < 1.29 is 4.79 Å². The fourth-order valence-electron chi connectivity index (χ4n) is 3.96. The number of anilines is 3. The van der Waals surface area contributed by atoms with Crippen molar-refractivity contribution in [3.05, 3.63) is 51.4 Å². The lowest BCUT2D eigenvalue weighted by Crippen LogP contribution is -2.42. The lowest BCUT2D eigenvalue weighted by atomic mass is 9.91. The Labute approximate surface area is 204 Å². The molecule has 0 saturated heterocycles. The van der Waals surface area contributed by atoms with E-state index in [1.165, 1.54) is 0 Å². The predicted molar refractivity (Wildman–Crippen MR) is 138 cm³/mol. The third-order valence-corrected chi connectivity index (χ3v) is 6.73. The topological polar surface area (TPSA) is 82.2 Å². The van der Waals surface area contributed by atoms with E-state index >= 15 is 0 Å². The maximum absolute atomic E-state index is 12.4. The maximum atomic E-state index is 12.4. The second-order valence-electron chi connectivity index (χ2n) is 8.20. The van der Waals surface area contributed by atoms with Gasteiger partial charge in [0.05, 0.1) is 11.2 Å². The van der Waals surface area contributed by atoms with E-state index in [2.05, 4.69) is 47.8 Å². The molecule has 168 valence electrons. The first kappa shape index (κ1) is 22.8. The van der Waals surface area contributed by atoms with Gasteiger partial charge in [-0.2, -0.15) is 4.98 Å². The van der Waals surface area contributed by atoms with Gasteiger partial charge < -0.3 is 20.9 Å². The number of carbonyl (C=O) groups excluding carboxylic acids is 1. The van der Waals surface area contributed by atoms with Gasteiger partial charge in [0, 0.05) is 40.5 Å². The summed E-state index contributed by atoms with van der Waals surface area (Å²) in [7, 11) is 3.99. The van der Waals surface area contributed by atoms with Crippen molar-refractivity contribution in [1.29, 1.82) is 0 Å². The second-order valence-corrected chi connectivity index (χ2v) is 9.97. The predicted octanol–water partition coefficient (Wildman–Crippen LogP) is 5.77. The zero-order chi connectivity index (χ0) is 22.7. The molecule has 2 amide bonds. The van der Waals surface area contributed by atoms with Gasteiger partial charge >= 0.3 is 6.03 Å². The molecule has 2 aromatic carbocycles. The molecule has 0 spiro atoms. The number of rotatable bonds is 5. The van der Waals surface area contributed by atoms with Gasteiger partial charge in [0.2, 0.25) is 5.95 Å². The van der Waals surface area contributed by atoms with Crippen molar-refractivity contribution in [3.8, 4) is 0 Å². The van der Waals surface area contributed by atoms with Crippen LogP contribution in [0.3, 0.4) is 0 Å². The molecule has 4 rings (SSSR count). The summed E-state index contributed by atoms with van der Waals surface area (Å²) in [5, 5.41) is 10.6. The van der Waals surface area contributed by atoms with Crippen LogP contribution in [0.2, 0.25) is 0 Å². The van der Waals surface area contributed by atoms with Crippen LogP contribution in [0.15, 0.2) is 51.4 Å². The summed E-state index contributed by atoms with van der Waals surface area (Å²) in [6, 6.07) is 14.0. The molecular weight excluding hydrogens is 536 g/mol. The molecule has 3 N–H and O–H groups in total. The Morgan fingerprint density at radius 2 is 1.72 bits per heavy atom. The maximum Gasteiger partial charge on any atom is 0.319 e. The van der Waals surface area contributed by atoms with E-state index in [0.717, 1.165) is 57.0 Å². The Kier molecular flexibility index (Phi) is 7.15.